The highest BCUT2D eigenvalue weighted by atomic mass is 16.5. The molecule has 4 rings (SSSR count). The normalized spacial score (nSPS) is 24.3. The Balaban J connectivity index is 1.46. The van der Waals surface area contributed by atoms with E-state index in [1.165, 1.54) is 42.5 Å². The lowest BCUT2D eigenvalue weighted by molar-refractivity contribution is -0.104. The first-order valence-electron chi connectivity index (χ1n) is 10.5. The number of benzene rings is 1. The molecule has 0 bridgehead atoms. The van der Waals surface area contributed by atoms with Crippen LogP contribution in [0.3, 0.4) is 0 Å². The Morgan fingerprint density at radius 1 is 1.04 bits per heavy atom. The summed E-state index contributed by atoms with van der Waals surface area (Å²) in [6.45, 7) is 5.01. The van der Waals surface area contributed by atoms with Crippen LogP contribution in [-0.4, -0.2) is 23.7 Å². The number of rotatable bonds is 6. The number of ether oxygens (including phenoxy) is 1. The second kappa shape index (κ2) is 8.12. The molecule has 3 nitrogen and oxygen atoms in total. The summed E-state index contributed by atoms with van der Waals surface area (Å²) >= 11 is 0. The molecule has 1 saturated carbocycles. The van der Waals surface area contributed by atoms with E-state index in [1.807, 2.05) is 12.3 Å². The van der Waals surface area contributed by atoms with Gasteiger partial charge in [0.05, 0.1) is 5.60 Å². The molecule has 1 aliphatic carbocycles. The minimum absolute atomic E-state index is 0.103. The summed E-state index contributed by atoms with van der Waals surface area (Å²) in [7, 11) is 0. The molecular formula is C24H32N2O. The first kappa shape index (κ1) is 18.6. The van der Waals surface area contributed by atoms with Gasteiger partial charge in [-0.3, -0.25) is 4.98 Å². The van der Waals surface area contributed by atoms with Gasteiger partial charge in [-0.2, -0.15) is 0 Å². The SMILES string of the molecule is Cc1ccccc1CNCC[C@@]1(c2ccccn2)CCOC2(CCCC2)C1. The van der Waals surface area contributed by atoms with Crippen molar-refractivity contribution >= 4 is 0 Å². The predicted octanol–water partition coefficient (Wildman–Crippen LogP) is 4.93. The average molecular weight is 365 g/mol. The summed E-state index contributed by atoms with van der Waals surface area (Å²) in [5, 5.41) is 3.69. The quantitative estimate of drug-likeness (QED) is 0.738. The lowest BCUT2D eigenvalue weighted by Crippen LogP contribution is -2.47. The van der Waals surface area contributed by atoms with Crippen molar-refractivity contribution in [2.24, 2.45) is 0 Å². The summed E-state index contributed by atoms with van der Waals surface area (Å²) in [5.41, 5.74) is 4.26. The van der Waals surface area contributed by atoms with Crippen LogP contribution in [0, 0.1) is 6.92 Å². The van der Waals surface area contributed by atoms with Gasteiger partial charge in [0.1, 0.15) is 0 Å². The zero-order chi connectivity index (χ0) is 18.6. The number of aryl methyl sites for hydroxylation is 1. The van der Waals surface area contributed by atoms with Crippen molar-refractivity contribution in [2.75, 3.05) is 13.2 Å². The second-order valence-corrected chi connectivity index (χ2v) is 8.51. The van der Waals surface area contributed by atoms with Gasteiger partial charge in [-0.25, -0.2) is 0 Å². The van der Waals surface area contributed by atoms with Gasteiger partial charge in [0.15, 0.2) is 0 Å². The van der Waals surface area contributed by atoms with E-state index in [0.29, 0.717) is 0 Å². The van der Waals surface area contributed by atoms with Crippen LogP contribution in [0.5, 0.6) is 0 Å². The van der Waals surface area contributed by atoms with Crippen molar-refractivity contribution in [1.82, 2.24) is 10.3 Å². The molecule has 1 aromatic heterocycles. The van der Waals surface area contributed by atoms with E-state index >= 15 is 0 Å². The van der Waals surface area contributed by atoms with Gasteiger partial charge in [0, 0.05) is 30.5 Å². The highest BCUT2D eigenvalue weighted by Gasteiger charge is 2.48. The van der Waals surface area contributed by atoms with E-state index < -0.39 is 0 Å². The number of nitrogens with one attached hydrogen (secondary N) is 1. The molecule has 2 aromatic rings. The summed E-state index contributed by atoms with van der Waals surface area (Å²) in [6, 6.07) is 15.0. The molecule has 3 heteroatoms. The molecule has 2 aliphatic rings. The van der Waals surface area contributed by atoms with Gasteiger partial charge in [-0.1, -0.05) is 43.2 Å². The number of hydrogen-bond donors (Lipinski definition) is 1. The zero-order valence-corrected chi connectivity index (χ0v) is 16.5. The summed E-state index contributed by atoms with van der Waals surface area (Å²) in [5.74, 6) is 0. The van der Waals surface area contributed by atoms with E-state index in [1.54, 1.807) is 0 Å². The van der Waals surface area contributed by atoms with E-state index in [0.717, 1.165) is 39.0 Å². The van der Waals surface area contributed by atoms with Gasteiger partial charge < -0.3 is 10.1 Å². The van der Waals surface area contributed by atoms with Crippen LogP contribution in [0.2, 0.25) is 0 Å². The van der Waals surface area contributed by atoms with Crippen molar-refractivity contribution < 1.29 is 4.74 Å². The zero-order valence-electron chi connectivity index (χ0n) is 16.5. The predicted molar refractivity (Wildman–Crippen MR) is 110 cm³/mol. The second-order valence-electron chi connectivity index (χ2n) is 8.51. The lowest BCUT2D eigenvalue weighted by Gasteiger charge is -2.46. The van der Waals surface area contributed by atoms with Crippen LogP contribution in [0.15, 0.2) is 48.7 Å². The Bertz CT molecular complexity index is 739. The van der Waals surface area contributed by atoms with Crippen molar-refractivity contribution in [3.05, 3.63) is 65.5 Å². The minimum Gasteiger partial charge on any atom is -0.375 e. The van der Waals surface area contributed by atoms with Gasteiger partial charge in [-0.15, -0.1) is 0 Å². The third kappa shape index (κ3) is 4.09. The molecule has 2 fully saturated rings. The summed E-state index contributed by atoms with van der Waals surface area (Å²) < 4.78 is 6.35. The Labute approximate surface area is 163 Å². The molecule has 1 atom stereocenters. The Kier molecular flexibility index (Phi) is 5.60. The molecule has 1 saturated heterocycles. The van der Waals surface area contributed by atoms with E-state index in [2.05, 4.69) is 48.6 Å². The molecule has 27 heavy (non-hydrogen) atoms. The fourth-order valence-corrected chi connectivity index (χ4v) is 5.16. The average Bonchev–Trinajstić information content (AvgIpc) is 3.14. The van der Waals surface area contributed by atoms with Crippen LogP contribution in [0.1, 0.15) is 61.8 Å². The molecule has 1 aromatic carbocycles. The van der Waals surface area contributed by atoms with Gasteiger partial charge in [0.25, 0.3) is 0 Å². The van der Waals surface area contributed by atoms with Gasteiger partial charge in [-0.05, 0) is 68.8 Å². The lowest BCUT2D eigenvalue weighted by atomic mass is 9.68. The van der Waals surface area contributed by atoms with Crippen molar-refractivity contribution in [1.29, 1.82) is 0 Å². The van der Waals surface area contributed by atoms with Crippen LogP contribution in [0.25, 0.3) is 0 Å². The fraction of sp³-hybridized carbons (Fsp3) is 0.542. The number of hydrogen-bond acceptors (Lipinski definition) is 3. The number of pyridine rings is 1. The molecule has 1 aliphatic heterocycles. The number of nitrogens with zero attached hydrogens (tertiary/aromatic N) is 1. The molecule has 1 spiro atoms. The smallest absolute Gasteiger partial charge is 0.0691 e. The van der Waals surface area contributed by atoms with Crippen LogP contribution < -0.4 is 5.32 Å². The fourth-order valence-electron chi connectivity index (χ4n) is 5.16. The third-order valence-electron chi connectivity index (χ3n) is 6.73. The largest absolute Gasteiger partial charge is 0.375 e. The van der Waals surface area contributed by atoms with Crippen molar-refractivity contribution in [3.63, 3.8) is 0 Å². The molecule has 0 radical (unpaired) electrons. The van der Waals surface area contributed by atoms with E-state index in [4.69, 9.17) is 9.72 Å². The first-order chi connectivity index (χ1) is 13.2. The van der Waals surface area contributed by atoms with Gasteiger partial charge >= 0.3 is 0 Å². The highest BCUT2D eigenvalue weighted by molar-refractivity contribution is 5.25. The Hall–Kier alpha value is -1.71. The maximum absolute atomic E-state index is 6.35. The molecule has 0 amide bonds. The highest BCUT2D eigenvalue weighted by Crippen LogP contribution is 2.49. The molecular weight excluding hydrogens is 332 g/mol. The van der Waals surface area contributed by atoms with Crippen molar-refractivity contribution in [2.45, 2.75) is 69.4 Å². The van der Waals surface area contributed by atoms with Crippen LogP contribution in [0.4, 0.5) is 0 Å². The van der Waals surface area contributed by atoms with E-state index in [9.17, 15) is 0 Å². The van der Waals surface area contributed by atoms with E-state index in [-0.39, 0.29) is 11.0 Å². The Morgan fingerprint density at radius 3 is 2.63 bits per heavy atom. The Morgan fingerprint density at radius 2 is 1.85 bits per heavy atom. The summed E-state index contributed by atoms with van der Waals surface area (Å²) in [6.07, 6.45) is 10.3. The monoisotopic (exact) mass is 364 g/mol. The molecule has 2 heterocycles. The molecule has 0 unspecified atom stereocenters. The van der Waals surface area contributed by atoms with Crippen molar-refractivity contribution in [3.8, 4) is 0 Å². The summed E-state index contributed by atoms with van der Waals surface area (Å²) in [4.78, 5) is 4.80. The first-order valence-corrected chi connectivity index (χ1v) is 10.5. The maximum Gasteiger partial charge on any atom is 0.0691 e. The number of aromatic nitrogens is 1. The van der Waals surface area contributed by atoms with Crippen LogP contribution in [-0.2, 0) is 16.7 Å². The maximum atomic E-state index is 6.35. The van der Waals surface area contributed by atoms with Gasteiger partial charge in [0.2, 0.25) is 0 Å². The van der Waals surface area contributed by atoms with Crippen LogP contribution >= 0.6 is 0 Å². The third-order valence-corrected chi connectivity index (χ3v) is 6.73. The standard InChI is InChI=1S/C24H32N2O/c1-20-8-2-3-9-21(20)18-25-16-13-23(22-10-4-7-15-26-22)14-17-27-24(19-23)11-5-6-12-24/h2-4,7-10,15,25H,5-6,11-14,16-19H2,1H3/t23-/m1/s1. The topological polar surface area (TPSA) is 34.2 Å². The molecule has 144 valence electrons. The minimum atomic E-state index is 0.103. The molecule has 1 N–H and O–H groups in total.